The Labute approximate surface area is 83.7 Å². The highest BCUT2D eigenvalue weighted by molar-refractivity contribution is 5.74. The van der Waals surface area contributed by atoms with Crippen molar-refractivity contribution >= 4 is 6.29 Å². The van der Waals surface area contributed by atoms with Gasteiger partial charge in [-0.15, -0.1) is 0 Å². The molecular formula is C11H16O3. The molecule has 3 nitrogen and oxygen atoms in total. The molecule has 0 radical (unpaired) electrons. The first-order chi connectivity index (χ1) is 6.77. The zero-order valence-electron chi connectivity index (χ0n) is 8.40. The van der Waals surface area contributed by atoms with Gasteiger partial charge in [0, 0.05) is 0 Å². The van der Waals surface area contributed by atoms with Crippen molar-refractivity contribution in [3.05, 3.63) is 23.7 Å². The predicted molar refractivity (Wildman–Crippen MR) is 53.2 cm³/mol. The lowest BCUT2D eigenvalue weighted by Gasteiger charge is -2.05. The molecule has 0 saturated carbocycles. The first kappa shape index (κ1) is 11.0. The molecule has 14 heavy (non-hydrogen) atoms. The van der Waals surface area contributed by atoms with Crippen molar-refractivity contribution in [3.63, 3.8) is 0 Å². The molecule has 1 unspecified atom stereocenters. The molecule has 1 aromatic heterocycles. The quantitative estimate of drug-likeness (QED) is 0.562. The maximum atomic E-state index is 10.4. The van der Waals surface area contributed by atoms with Crippen LogP contribution in [0.2, 0.25) is 0 Å². The summed E-state index contributed by atoms with van der Waals surface area (Å²) in [4.78, 5) is 10.4. The Kier molecular flexibility index (Phi) is 4.40. The number of aliphatic hydroxyl groups is 1. The average molecular weight is 196 g/mol. The van der Waals surface area contributed by atoms with Crippen molar-refractivity contribution < 1.29 is 14.3 Å². The highest BCUT2D eigenvalue weighted by atomic mass is 16.4. The lowest BCUT2D eigenvalue weighted by molar-refractivity contribution is 0.112. The monoisotopic (exact) mass is 196 g/mol. The summed E-state index contributed by atoms with van der Waals surface area (Å²) in [6.45, 7) is 2.11. The molecular weight excluding hydrogens is 180 g/mol. The standard InChI is InChI=1S/C11H16O3/c1-2-3-4-5-10(13)11-6-9(7-12)8-14-11/h6-8,10,13H,2-5H2,1H3. The Morgan fingerprint density at radius 3 is 2.93 bits per heavy atom. The van der Waals surface area contributed by atoms with Gasteiger partial charge in [0.05, 0.1) is 5.56 Å². The summed E-state index contributed by atoms with van der Waals surface area (Å²) >= 11 is 0. The van der Waals surface area contributed by atoms with E-state index in [1.807, 2.05) is 0 Å². The van der Waals surface area contributed by atoms with Crippen LogP contribution in [0.5, 0.6) is 0 Å². The summed E-state index contributed by atoms with van der Waals surface area (Å²) in [6.07, 6.45) is 5.42. The zero-order chi connectivity index (χ0) is 10.4. The van der Waals surface area contributed by atoms with E-state index < -0.39 is 6.10 Å². The number of unbranched alkanes of at least 4 members (excludes halogenated alkanes) is 2. The van der Waals surface area contributed by atoms with Gasteiger partial charge in [0.15, 0.2) is 6.29 Å². The SMILES string of the molecule is CCCCCC(O)c1cc(C=O)co1. The van der Waals surface area contributed by atoms with E-state index in [1.54, 1.807) is 6.07 Å². The normalized spacial score (nSPS) is 12.7. The first-order valence-electron chi connectivity index (χ1n) is 4.99. The van der Waals surface area contributed by atoms with Gasteiger partial charge in [0.25, 0.3) is 0 Å². The molecule has 78 valence electrons. The molecule has 0 aliphatic rings. The number of hydrogen-bond donors (Lipinski definition) is 1. The number of carbonyl (C=O) groups is 1. The molecule has 1 atom stereocenters. The summed E-state index contributed by atoms with van der Waals surface area (Å²) < 4.78 is 5.07. The van der Waals surface area contributed by atoms with E-state index >= 15 is 0 Å². The van der Waals surface area contributed by atoms with E-state index in [1.165, 1.54) is 6.26 Å². The average Bonchev–Trinajstić information content (AvgIpc) is 2.66. The van der Waals surface area contributed by atoms with E-state index in [4.69, 9.17) is 4.42 Å². The van der Waals surface area contributed by atoms with Crippen molar-refractivity contribution in [2.45, 2.75) is 38.7 Å². The molecule has 0 bridgehead atoms. The van der Waals surface area contributed by atoms with Gasteiger partial charge < -0.3 is 9.52 Å². The molecule has 0 aromatic carbocycles. The van der Waals surface area contributed by atoms with Gasteiger partial charge in [-0.3, -0.25) is 4.79 Å². The summed E-state index contributed by atoms with van der Waals surface area (Å²) in [5, 5.41) is 9.65. The molecule has 0 fully saturated rings. The van der Waals surface area contributed by atoms with Gasteiger partial charge in [-0.25, -0.2) is 0 Å². The van der Waals surface area contributed by atoms with Gasteiger partial charge in [0.1, 0.15) is 18.1 Å². The summed E-state index contributed by atoms with van der Waals surface area (Å²) in [5.41, 5.74) is 0.481. The zero-order valence-corrected chi connectivity index (χ0v) is 8.40. The molecule has 0 amide bonds. The highest BCUT2D eigenvalue weighted by Gasteiger charge is 2.11. The molecule has 0 aliphatic carbocycles. The highest BCUT2D eigenvalue weighted by Crippen LogP contribution is 2.21. The van der Waals surface area contributed by atoms with Crippen LogP contribution in [-0.2, 0) is 0 Å². The number of furan rings is 1. The summed E-state index contributed by atoms with van der Waals surface area (Å²) in [7, 11) is 0. The van der Waals surface area contributed by atoms with Crippen LogP contribution in [-0.4, -0.2) is 11.4 Å². The van der Waals surface area contributed by atoms with E-state index in [9.17, 15) is 9.90 Å². The van der Waals surface area contributed by atoms with Crippen LogP contribution in [0.25, 0.3) is 0 Å². The first-order valence-corrected chi connectivity index (χ1v) is 4.99. The fourth-order valence-electron chi connectivity index (χ4n) is 1.33. The van der Waals surface area contributed by atoms with Crippen LogP contribution in [0.3, 0.4) is 0 Å². The Hall–Kier alpha value is -1.09. The minimum atomic E-state index is -0.574. The van der Waals surface area contributed by atoms with E-state index in [2.05, 4.69) is 6.92 Å². The fraction of sp³-hybridized carbons (Fsp3) is 0.545. The minimum absolute atomic E-state index is 0.481. The van der Waals surface area contributed by atoms with Gasteiger partial charge in [-0.05, 0) is 12.5 Å². The topological polar surface area (TPSA) is 50.4 Å². The van der Waals surface area contributed by atoms with E-state index in [0.717, 1.165) is 19.3 Å². The number of hydrogen-bond acceptors (Lipinski definition) is 3. The van der Waals surface area contributed by atoms with Gasteiger partial charge in [0.2, 0.25) is 0 Å². The summed E-state index contributed by atoms with van der Waals surface area (Å²) in [6, 6.07) is 1.59. The lowest BCUT2D eigenvalue weighted by atomic mass is 10.1. The molecule has 3 heteroatoms. The number of carbonyl (C=O) groups excluding carboxylic acids is 1. The predicted octanol–water partition coefficient (Wildman–Crippen LogP) is 2.71. The van der Waals surface area contributed by atoms with Crippen molar-refractivity contribution in [1.29, 1.82) is 0 Å². The third kappa shape index (κ3) is 3.00. The number of aldehydes is 1. The Bertz CT molecular complexity index is 278. The van der Waals surface area contributed by atoms with Gasteiger partial charge in [-0.2, -0.15) is 0 Å². The third-order valence-electron chi connectivity index (χ3n) is 2.19. The number of rotatable bonds is 6. The van der Waals surface area contributed by atoms with E-state index in [0.29, 0.717) is 24.0 Å². The molecule has 1 heterocycles. The molecule has 0 spiro atoms. The lowest BCUT2D eigenvalue weighted by Crippen LogP contribution is -1.95. The largest absolute Gasteiger partial charge is 0.466 e. The molecule has 1 N–H and O–H groups in total. The second kappa shape index (κ2) is 5.60. The van der Waals surface area contributed by atoms with E-state index in [-0.39, 0.29) is 0 Å². The van der Waals surface area contributed by atoms with Gasteiger partial charge in [-0.1, -0.05) is 26.2 Å². The molecule has 0 saturated heterocycles. The fourth-order valence-corrected chi connectivity index (χ4v) is 1.33. The van der Waals surface area contributed by atoms with Crippen molar-refractivity contribution in [3.8, 4) is 0 Å². The summed E-state index contributed by atoms with van der Waals surface area (Å²) in [5.74, 6) is 0.489. The Morgan fingerprint density at radius 2 is 2.36 bits per heavy atom. The van der Waals surface area contributed by atoms with Crippen LogP contribution < -0.4 is 0 Å². The van der Waals surface area contributed by atoms with Crippen LogP contribution in [0.4, 0.5) is 0 Å². The maximum Gasteiger partial charge on any atom is 0.153 e. The molecule has 1 aromatic rings. The van der Waals surface area contributed by atoms with Crippen molar-refractivity contribution in [2.24, 2.45) is 0 Å². The Balaban J connectivity index is 2.43. The van der Waals surface area contributed by atoms with Crippen molar-refractivity contribution in [1.82, 2.24) is 0 Å². The maximum absolute atomic E-state index is 10.4. The second-order valence-corrected chi connectivity index (χ2v) is 3.41. The number of aliphatic hydroxyl groups excluding tert-OH is 1. The molecule has 0 aliphatic heterocycles. The van der Waals surface area contributed by atoms with Gasteiger partial charge >= 0.3 is 0 Å². The van der Waals surface area contributed by atoms with Crippen LogP contribution in [0.1, 0.15) is 54.8 Å². The smallest absolute Gasteiger partial charge is 0.153 e. The molecule has 1 rings (SSSR count). The van der Waals surface area contributed by atoms with Crippen LogP contribution in [0, 0.1) is 0 Å². The van der Waals surface area contributed by atoms with Crippen LogP contribution >= 0.6 is 0 Å². The minimum Gasteiger partial charge on any atom is -0.466 e. The van der Waals surface area contributed by atoms with Crippen molar-refractivity contribution in [2.75, 3.05) is 0 Å². The third-order valence-corrected chi connectivity index (χ3v) is 2.19. The van der Waals surface area contributed by atoms with Crippen LogP contribution in [0.15, 0.2) is 16.7 Å². The second-order valence-electron chi connectivity index (χ2n) is 3.41. The Morgan fingerprint density at radius 1 is 1.57 bits per heavy atom.